The molecule has 0 aliphatic heterocycles. The van der Waals surface area contributed by atoms with Gasteiger partial charge in [-0.2, -0.15) is 35.1 Å². The van der Waals surface area contributed by atoms with Gasteiger partial charge in [-0.3, -0.25) is 0 Å². The minimum Gasteiger partial charge on any atom is -0.497 e. The summed E-state index contributed by atoms with van der Waals surface area (Å²) < 4.78 is 115. The number of rotatable bonds is 2. The number of hydrogen-bond acceptors (Lipinski definition) is 1. The summed E-state index contributed by atoms with van der Waals surface area (Å²) in [6.45, 7) is 0. The molecule has 0 aromatic heterocycles. The number of alkyl halides is 8. The molecular formula is C17H10F8O. The Labute approximate surface area is 142 Å². The van der Waals surface area contributed by atoms with Crippen molar-refractivity contribution >= 4 is 0 Å². The van der Waals surface area contributed by atoms with Gasteiger partial charge in [0.05, 0.1) is 7.11 Å². The Morgan fingerprint density at radius 2 is 1.08 bits per heavy atom. The molecule has 26 heavy (non-hydrogen) atoms. The van der Waals surface area contributed by atoms with Crippen LogP contribution in [0.25, 0.3) is 11.1 Å². The summed E-state index contributed by atoms with van der Waals surface area (Å²) in [7, 11) is 1.37. The Hall–Kier alpha value is -2.32. The summed E-state index contributed by atoms with van der Waals surface area (Å²) in [4.78, 5) is 0. The minimum atomic E-state index is -6.25. The number of hydrogen-bond donors (Lipinski definition) is 0. The fourth-order valence-electron chi connectivity index (χ4n) is 2.77. The average Bonchev–Trinajstić information content (AvgIpc) is 2.60. The molecule has 0 amide bonds. The van der Waals surface area contributed by atoms with Crippen LogP contribution in [0.1, 0.15) is 11.1 Å². The highest BCUT2D eigenvalue weighted by molar-refractivity contribution is 5.67. The van der Waals surface area contributed by atoms with Crippen molar-refractivity contribution < 1.29 is 39.9 Å². The molecule has 0 heterocycles. The summed E-state index contributed by atoms with van der Waals surface area (Å²) in [5.74, 6) is -23.0. The van der Waals surface area contributed by atoms with E-state index in [1.165, 1.54) is 31.4 Å². The van der Waals surface area contributed by atoms with Crippen LogP contribution in [0.5, 0.6) is 5.75 Å². The molecule has 0 spiro atoms. The number of halogens is 8. The van der Waals surface area contributed by atoms with Crippen LogP contribution < -0.4 is 4.74 Å². The van der Waals surface area contributed by atoms with Gasteiger partial charge in [-0.05, 0) is 29.3 Å². The first kappa shape index (κ1) is 18.5. The maximum atomic E-state index is 14.0. The van der Waals surface area contributed by atoms with Crippen molar-refractivity contribution in [1.82, 2.24) is 0 Å². The molecule has 0 saturated heterocycles. The molecule has 2 aromatic carbocycles. The summed E-state index contributed by atoms with van der Waals surface area (Å²) in [6, 6.07) is 7.23. The second-order valence-corrected chi connectivity index (χ2v) is 5.79. The van der Waals surface area contributed by atoms with Gasteiger partial charge in [0, 0.05) is 11.1 Å². The van der Waals surface area contributed by atoms with Gasteiger partial charge in [-0.25, -0.2) is 0 Å². The van der Waals surface area contributed by atoms with E-state index in [4.69, 9.17) is 4.74 Å². The van der Waals surface area contributed by atoms with Gasteiger partial charge in [-0.1, -0.05) is 24.3 Å². The summed E-state index contributed by atoms with van der Waals surface area (Å²) in [5, 5.41) is 0. The molecule has 140 valence electrons. The van der Waals surface area contributed by atoms with Crippen LogP contribution in [0.15, 0.2) is 42.5 Å². The Bertz CT molecular complexity index is 842. The van der Waals surface area contributed by atoms with E-state index in [2.05, 4.69) is 0 Å². The van der Waals surface area contributed by atoms with Crippen LogP contribution >= 0.6 is 0 Å². The van der Waals surface area contributed by atoms with Crippen molar-refractivity contribution in [3.8, 4) is 16.9 Å². The van der Waals surface area contributed by atoms with Crippen molar-refractivity contribution in [2.75, 3.05) is 7.11 Å². The zero-order valence-corrected chi connectivity index (χ0v) is 13.0. The number of ether oxygens (including phenoxy) is 1. The molecule has 1 aliphatic rings. The highest BCUT2D eigenvalue weighted by atomic mass is 19.4. The summed E-state index contributed by atoms with van der Waals surface area (Å²) >= 11 is 0. The maximum Gasteiger partial charge on any atom is 0.382 e. The second-order valence-electron chi connectivity index (χ2n) is 5.79. The molecule has 0 bridgehead atoms. The van der Waals surface area contributed by atoms with Crippen LogP contribution in [0.2, 0.25) is 0 Å². The Balaban J connectivity index is 2.22. The topological polar surface area (TPSA) is 9.23 Å². The zero-order chi connectivity index (χ0) is 19.5. The van der Waals surface area contributed by atoms with E-state index in [0.29, 0.717) is 17.9 Å². The largest absolute Gasteiger partial charge is 0.497 e. The predicted octanol–water partition coefficient (Wildman–Crippen LogP) is 5.83. The highest BCUT2D eigenvalue weighted by Crippen LogP contribution is 2.64. The molecule has 3 rings (SSSR count). The smallest absolute Gasteiger partial charge is 0.382 e. The van der Waals surface area contributed by atoms with E-state index in [9.17, 15) is 35.1 Å². The number of benzene rings is 2. The first-order chi connectivity index (χ1) is 11.9. The molecule has 0 radical (unpaired) electrons. The van der Waals surface area contributed by atoms with E-state index in [0.717, 1.165) is 6.07 Å². The van der Waals surface area contributed by atoms with E-state index in [1.807, 2.05) is 0 Å². The molecule has 0 atom stereocenters. The average molecular weight is 382 g/mol. The molecule has 0 fully saturated rings. The Kier molecular flexibility index (Phi) is 3.79. The molecular weight excluding hydrogens is 372 g/mol. The normalized spacial score (nSPS) is 21.7. The lowest BCUT2D eigenvalue weighted by molar-refractivity contribution is -0.386. The SMILES string of the molecule is COc1ccc(-c2ccc3c(c2)C(F)(F)C(F)(F)C(F)(F)C3(F)F)cc1. The van der Waals surface area contributed by atoms with Gasteiger partial charge in [0.25, 0.3) is 0 Å². The van der Waals surface area contributed by atoms with Gasteiger partial charge < -0.3 is 4.74 Å². The van der Waals surface area contributed by atoms with E-state index in [-0.39, 0.29) is 11.1 Å². The third-order valence-corrected chi connectivity index (χ3v) is 4.30. The maximum absolute atomic E-state index is 14.0. The summed E-state index contributed by atoms with van der Waals surface area (Å²) in [5.41, 5.74) is -3.53. The van der Waals surface area contributed by atoms with Crippen molar-refractivity contribution in [2.45, 2.75) is 23.7 Å². The lowest BCUT2D eigenvalue weighted by atomic mass is 9.79. The second kappa shape index (κ2) is 5.34. The van der Waals surface area contributed by atoms with Crippen LogP contribution in [0.3, 0.4) is 0 Å². The van der Waals surface area contributed by atoms with Crippen molar-refractivity contribution in [2.24, 2.45) is 0 Å². The van der Waals surface area contributed by atoms with Gasteiger partial charge in [-0.15, -0.1) is 0 Å². The first-order valence-corrected chi connectivity index (χ1v) is 7.18. The van der Waals surface area contributed by atoms with Gasteiger partial charge in [0.1, 0.15) is 5.75 Å². The van der Waals surface area contributed by atoms with Crippen molar-refractivity contribution in [3.05, 3.63) is 53.6 Å². The minimum absolute atomic E-state index is 0.108. The van der Waals surface area contributed by atoms with Gasteiger partial charge >= 0.3 is 23.7 Å². The van der Waals surface area contributed by atoms with Crippen molar-refractivity contribution in [3.63, 3.8) is 0 Å². The fraction of sp³-hybridized carbons (Fsp3) is 0.294. The van der Waals surface area contributed by atoms with Crippen LogP contribution in [0.4, 0.5) is 35.1 Å². The molecule has 0 saturated carbocycles. The molecule has 2 aromatic rings. The zero-order valence-electron chi connectivity index (χ0n) is 13.0. The standard InChI is InChI=1S/C17H10F8O/c1-26-11-5-2-9(3-6-11)10-4-7-12-13(8-10)15(20,21)17(24,25)16(22,23)14(12,18)19/h2-8H,1H3. The third kappa shape index (κ3) is 2.15. The lowest BCUT2D eigenvalue weighted by Crippen LogP contribution is -2.63. The third-order valence-electron chi connectivity index (χ3n) is 4.30. The first-order valence-electron chi connectivity index (χ1n) is 7.18. The van der Waals surface area contributed by atoms with Crippen molar-refractivity contribution in [1.29, 1.82) is 0 Å². The molecule has 1 aliphatic carbocycles. The van der Waals surface area contributed by atoms with E-state index >= 15 is 0 Å². The molecule has 1 nitrogen and oxygen atoms in total. The highest BCUT2D eigenvalue weighted by Gasteiger charge is 2.85. The quantitative estimate of drug-likeness (QED) is 0.594. The number of methoxy groups -OCH3 is 1. The fourth-order valence-corrected chi connectivity index (χ4v) is 2.77. The van der Waals surface area contributed by atoms with Gasteiger partial charge in [0.15, 0.2) is 0 Å². The molecule has 0 unspecified atom stereocenters. The predicted molar refractivity (Wildman–Crippen MR) is 76.1 cm³/mol. The molecule has 9 heteroatoms. The van der Waals surface area contributed by atoms with Gasteiger partial charge in [0.2, 0.25) is 0 Å². The Morgan fingerprint density at radius 1 is 0.615 bits per heavy atom. The molecule has 0 N–H and O–H groups in total. The van der Waals surface area contributed by atoms with Crippen LogP contribution in [-0.2, 0) is 11.8 Å². The van der Waals surface area contributed by atoms with Crippen LogP contribution in [-0.4, -0.2) is 19.0 Å². The lowest BCUT2D eigenvalue weighted by Gasteiger charge is -2.42. The monoisotopic (exact) mass is 382 g/mol. The van der Waals surface area contributed by atoms with E-state index < -0.39 is 34.8 Å². The Morgan fingerprint density at radius 3 is 1.58 bits per heavy atom. The van der Waals surface area contributed by atoms with E-state index in [1.54, 1.807) is 0 Å². The summed E-state index contributed by atoms with van der Waals surface area (Å²) in [6.07, 6.45) is 0. The van der Waals surface area contributed by atoms with Crippen LogP contribution in [0, 0.1) is 0 Å². The number of fused-ring (bicyclic) bond motifs is 1.